The van der Waals surface area contributed by atoms with Gasteiger partial charge in [-0.25, -0.2) is 0 Å². The molecule has 9 nitrogen and oxygen atoms in total. The summed E-state index contributed by atoms with van der Waals surface area (Å²) in [5.41, 5.74) is 1.48. The Morgan fingerprint density at radius 2 is 1.89 bits per heavy atom. The summed E-state index contributed by atoms with van der Waals surface area (Å²) in [7, 11) is 3.05. The van der Waals surface area contributed by atoms with Crippen LogP contribution in [0, 0.1) is 17.0 Å². The molecule has 2 rings (SSSR count). The highest BCUT2D eigenvalue weighted by atomic mass is 16.6. The lowest BCUT2D eigenvalue weighted by Gasteiger charge is -2.17. The third kappa shape index (κ3) is 5.27. The van der Waals surface area contributed by atoms with E-state index in [1.807, 2.05) is 6.07 Å². The minimum atomic E-state index is -0.877. The van der Waals surface area contributed by atoms with E-state index in [0.29, 0.717) is 17.0 Å². The van der Waals surface area contributed by atoms with Gasteiger partial charge in [-0.15, -0.1) is 0 Å². The molecule has 0 spiro atoms. The summed E-state index contributed by atoms with van der Waals surface area (Å²) in [5, 5.41) is 15.7. The summed E-state index contributed by atoms with van der Waals surface area (Å²) in [4.78, 5) is 34.4. The number of anilines is 1. The molecule has 0 aliphatic carbocycles. The summed E-state index contributed by atoms with van der Waals surface area (Å²) in [5.74, 6) is -1.07. The molecule has 2 aromatic rings. The standard InChI is InChI=1S/C19H21N3O6/c1-12-9-14(22(25)26)7-8-16(12)21-19(24)18(23)20-11-17(28-3)13-5-4-6-15(10-13)27-2/h4-10,17H,11H2,1-3H3,(H,20,23)(H,21,24). The number of nitrogens with zero attached hydrogens (tertiary/aromatic N) is 1. The van der Waals surface area contributed by atoms with Crippen LogP contribution < -0.4 is 15.4 Å². The van der Waals surface area contributed by atoms with Gasteiger partial charge in [0.1, 0.15) is 5.75 Å². The van der Waals surface area contributed by atoms with Crippen molar-refractivity contribution in [3.8, 4) is 5.75 Å². The zero-order valence-electron chi connectivity index (χ0n) is 15.7. The summed E-state index contributed by atoms with van der Waals surface area (Å²) < 4.78 is 10.5. The van der Waals surface area contributed by atoms with E-state index < -0.39 is 22.8 Å². The zero-order chi connectivity index (χ0) is 20.7. The van der Waals surface area contributed by atoms with Crippen molar-refractivity contribution in [1.29, 1.82) is 0 Å². The number of nitro groups is 1. The zero-order valence-corrected chi connectivity index (χ0v) is 15.7. The maximum absolute atomic E-state index is 12.1. The molecule has 0 saturated heterocycles. The number of aryl methyl sites for hydroxylation is 1. The highest BCUT2D eigenvalue weighted by Crippen LogP contribution is 2.22. The molecular formula is C19H21N3O6. The lowest BCUT2D eigenvalue weighted by Crippen LogP contribution is -2.38. The highest BCUT2D eigenvalue weighted by molar-refractivity contribution is 6.39. The molecule has 0 aliphatic heterocycles. The molecule has 148 valence electrons. The van der Waals surface area contributed by atoms with Gasteiger partial charge in [-0.3, -0.25) is 19.7 Å². The Hall–Kier alpha value is -3.46. The first-order chi connectivity index (χ1) is 13.3. The molecule has 1 atom stereocenters. The van der Waals surface area contributed by atoms with Crippen molar-refractivity contribution in [1.82, 2.24) is 5.32 Å². The van der Waals surface area contributed by atoms with Crippen molar-refractivity contribution in [3.05, 3.63) is 63.7 Å². The number of rotatable bonds is 7. The van der Waals surface area contributed by atoms with Crippen LogP contribution in [0.4, 0.5) is 11.4 Å². The predicted octanol–water partition coefficient (Wildman–Crippen LogP) is 2.35. The van der Waals surface area contributed by atoms with E-state index in [1.54, 1.807) is 32.2 Å². The number of hydrogen-bond acceptors (Lipinski definition) is 6. The predicted molar refractivity (Wildman–Crippen MR) is 102 cm³/mol. The number of methoxy groups -OCH3 is 2. The Labute approximate surface area is 161 Å². The van der Waals surface area contributed by atoms with Gasteiger partial charge in [0.2, 0.25) is 0 Å². The maximum Gasteiger partial charge on any atom is 0.313 e. The SMILES string of the molecule is COc1cccc(C(CNC(=O)C(=O)Nc2ccc([N+](=O)[O-])cc2C)OC)c1. The first kappa shape index (κ1) is 20.8. The molecule has 0 radical (unpaired) electrons. The summed E-state index contributed by atoms with van der Waals surface area (Å²) in [6.45, 7) is 1.68. The van der Waals surface area contributed by atoms with Crippen LogP contribution in [0.2, 0.25) is 0 Å². The minimum absolute atomic E-state index is 0.0785. The Balaban J connectivity index is 1.98. The van der Waals surface area contributed by atoms with Crippen LogP contribution in [0.25, 0.3) is 0 Å². The number of nitro benzene ring substituents is 1. The van der Waals surface area contributed by atoms with Gasteiger partial charge in [-0.1, -0.05) is 12.1 Å². The number of ether oxygens (including phenoxy) is 2. The van der Waals surface area contributed by atoms with E-state index in [-0.39, 0.29) is 12.2 Å². The second-order valence-electron chi connectivity index (χ2n) is 5.92. The van der Waals surface area contributed by atoms with Crippen molar-refractivity contribution in [2.24, 2.45) is 0 Å². The van der Waals surface area contributed by atoms with E-state index in [0.717, 1.165) is 5.56 Å². The molecule has 0 saturated carbocycles. The lowest BCUT2D eigenvalue weighted by atomic mass is 10.1. The van der Waals surface area contributed by atoms with Crippen LogP contribution >= 0.6 is 0 Å². The summed E-state index contributed by atoms with van der Waals surface area (Å²) >= 11 is 0. The Morgan fingerprint density at radius 3 is 2.50 bits per heavy atom. The topological polar surface area (TPSA) is 120 Å². The second-order valence-corrected chi connectivity index (χ2v) is 5.92. The molecule has 2 aromatic carbocycles. The molecule has 0 fully saturated rings. The van der Waals surface area contributed by atoms with Crippen molar-refractivity contribution in [2.45, 2.75) is 13.0 Å². The molecule has 0 bridgehead atoms. The second kappa shape index (κ2) is 9.47. The smallest absolute Gasteiger partial charge is 0.313 e. The van der Waals surface area contributed by atoms with Gasteiger partial charge in [0.15, 0.2) is 0 Å². The van der Waals surface area contributed by atoms with Crippen molar-refractivity contribution < 1.29 is 24.0 Å². The van der Waals surface area contributed by atoms with E-state index in [1.165, 1.54) is 25.3 Å². The number of carbonyl (C=O) groups excluding carboxylic acids is 2. The van der Waals surface area contributed by atoms with Crippen molar-refractivity contribution in [2.75, 3.05) is 26.1 Å². The number of hydrogen-bond donors (Lipinski definition) is 2. The Morgan fingerprint density at radius 1 is 1.14 bits per heavy atom. The number of nitrogens with one attached hydrogen (secondary N) is 2. The van der Waals surface area contributed by atoms with E-state index in [9.17, 15) is 19.7 Å². The lowest BCUT2D eigenvalue weighted by molar-refractivity contribution is -0.384. The monoisotopic (exact) mass is 387 g/mol. The van der Waals surface area contributed by atoms with Crippen LogP contribution in [0.3, 0.4) is 0 Å². The molecule has 9 heteroatoms. The van der Waals surface area contributed by atoms with E-state index in [4.69, 9.17) is 9.47 Å². The molecule has 28 heavy (non-hydrogen) atoms. The minimum Gasteiger partial charge on any atom is -0.497 e. The van der Waals surface area contributed by atoms with E-state index >= 15 is 0 Å². The third-order valence-corrected chi connectivity index (χ3v) is 4.07. The normalized spacial score (nSPS) is 11.4. The fourth-order valence-electron chi connectivity index (χ4n) is 2.53. The number of non-ortho nitro benzene ring substituents is 1. The largest absolute Gasteiger partial charge is 0.497 e. The fourth-order valence-corrected chi connectivity index (χ4v) is 2.53. The first-order valence-corrected chi connectivity index (χ1v) is 8.36. The molecule has 1 unspecified atom stereocenters. The number of benzene rings is 2. The van der Waals surface area contributed by atoms with Crippen LogP contribution in [-0.2, 0) is 14.3 Å². The molecule has 2 N–H and O–H groups in total. The van der Waals surface area contributed by atoms with Crippen LogP contribution in [0.1, 0.15) is 17.2 Å². The highest BCUT2D eigenvalue weighted by Gasteiger charge is 2.19. The molecule has 0 aromatic heterocycles. The molecule has 0 heterocycles. The third-order valence-electron chi connectivity index (χ3n) is 4.07. The van der Waals surface area contributed by atoms with Gasteiger partial charge < -0.3 is 20.1 Å². The van der Waals surface area contributed by atoms with Crippen molar-refractivity contribution >= 4 is 23.2 Å². The summed E-state index contributed by atoms with van der Waals surface area (Å²) in [6, 6.07) is 11.1. The Kier molecular flexibility index (Phi) is 7.05. The van der Waals surface area contributed by atoms with E-state index in [2.05, 4.69) is 10.6 Å². The van der Waals surface area contributed by atoms with Gasteiger partial charge in [-0.05, 0) is 36.2 Å². The van der Waals surface area contributed by atoms with Crippen molar-refractivity contribution in [3.63, 3.8) is 0 Å². The fraction of sp³-hybridized carbons (Fsp3) is 0.263. The summed E-state index contributed by atoms with van der Waals surface area (Å²) in [6.07, 6.45) is -0.465. The average molecular weight is 387 g/mol. The van der Waals surface area contributed by atoms with Gasteiger partial charge in [0.05, 0.1) is 18.1 Å². The number of amides is 2. The Bertz CT molecular complexity index is 884. The van der Waals surface area contributed by atoms with Crippen LogP contribution in [0.15, 0.2) is 42.5 Å². The van der Waals surface area contributed by atoms with Gasteiger partial charge in [-0.2, -0.15) is 0 Å². The number of carbonyl (C=O) groups is 2. The average Bonchev–Trinajstić information content (AvgIpc) is 2.69. The molecule has 2 amide bonds. The van der Waals surface area contributed by atoms with Crippen LogP contribution in [0.5, 0.6) is 5.75 Å². The van der Waals surface area contributed by atoms with Gasteiger partial charge in [0.25, 0.3) is 5.69 Å². The first-order valence-electron chi connectivity index (χ1n) is 8.36. The maximum atomic E-state index is 12.1. The van der Waals surface area contributed by atoms with Gasteiger partial charge in [0, 0.05) is 31.5 Å². The molecular weight excluding hydrogens is 366 g/mol. The molecule has 0 aliphatic rings. The quantitative estimate of drug-likeness (QED) is 0.427. The van der Waals surface area contributed by atoms with Crippen LogP contribution in [-0.4, -0.2) is 37.5 Å². The van der Waals surface area contributed by atoms with Gasteiger partial charge >= 0.3 is 11.8 Å².